The molecule has 0 aliphatic heterocycles. The predicted octanol–water partition coefficient (Wildman–Crippen LogP) is 5.25. The first-order valence-corrected chi connectivity index (χ1v) is 8.39. The van der Waals surface area contributed by atoms with Crippen molar-refractivity contribution >= 4 is 23.4 Å². The number of para-hydroxylation sites is 2. The van der Waals surface area contributed by atoms with E-state index in [1.165, 1.54) is 30.3 Å². The molecule has 0 saturated heterocycles. The molecule has 0 saturated carbocycles. The quantitative estimate of drug-likeness (QED) is 0.547. The molecule has 0 spiro atoms. The van der Waals surface area contributed by atoms with Gasteiger partial charge in [-0.1, -0.05) is 44.0 Å². The molecule has 0 radical (unpaired) electrons. The van der Waals surface area contributed by atoms with Crippen LogP contribution >= 0.6 is 12.4 Å². The summed E-state index contributed by atoms with van der Waals surface area (Å²) in [5.41, 5.74) is 3.59. The second-order valence-electron chi connectivity index (χ2n) is 5.90. The number of unbranched alkanes of at least 4 members (excludes halogenated alkanes) is 2. The Labute approximate surface area is 150 Å². The van der Waals surface area contributed by atoms with Gasteiger partial charge in [-0.15, -0.1) is 12.4 Å². The summed E-state index contributed by atoms with van der Waals surface area (Å²) >= 11 is 0. The third-order valence-corrected chi connectivity index (χ3v) is 4.24. The van der Waals surface area contributed by atoms with Gasteiger partial charge in [0.05, 0.1) is 18.1 Å². The van der Waals surface area contributed by atoms with E-state index in [0.717, 1.165) is 30.1 Å². The van der Waals surface area contributed by atoms with Crippen molar-refractivity contribution in [3.05, 3.63) is 59.9 Å². The van der Waals surface area contributed by atoms with E-state index in [1.54, 1.807) is 7.11 Å². The first-order valence-electron chi connectivity index (χ1n) is 8.39. The van der Waals surface area contributed by atoms with Crippen molar-refractivity contribution in [3.8, 4) is 5.75 Å². The van der Waals surface area contributed by atoms with Gasteiger partial charge < -0.3 is 9.30 Å². The van der Waals surface area contributed by atoms with Crippen LogP contribution in [-0.2, 0) is 13.0 Å². The number of methoxy groups -OCH3 is 1. The lowest BCUT2D eigenvalue weighted by Crippen LogP contribution is -2.05. The summed E-state index contributed by atoms with van der Waals surface area (Å²) in [4.78, 5) is 4.86. The number of aromatic nitrogens is 2. The Morgan fingerprint density at radius 3 is 2.46 bits per heavy atom. The minimum atomic E-state index is 0. The highest BCUT2D eigenvalue weighted by atomic mass is 35.5. The summed E-state index contributed by atoms with van der Waals surface area (Å²) in [6, 6.07) is 16.7. The lowest BCUT2D eigenvalue weighted by molar-refractivity contribution is 0.414. The second kappa shape index (κ2) is 8.74. The van der Waals surface area contributed by atoms with Crippen LogP contribution in [0.5, 0.6) is 5.75 Å². The molecule has 2 aromatic carbocycles. The van der Waals surface area contributed by atoms with Gasteiger partial charge in [0.15, 0.2) is 0 Å². The third kappa shape index (κ3) is 4.09. The molecule has 0 amide bonds. The van der Waals surface area contributed by atoms with E-state index in [1.807, 2.05) is 12.1 Å². The highest BCUT2D eigenvalue weighted by molar-refractivity contribution is 5.85. The van der Waals surface area contributed by atoms with Crippen molar-refractivity contribution in [1.82, 2.24) is 9.55 Å². The summed E-state index contributed by atoms with van der Waals surface area (Å²) in [6.45, 7) is 3.28. The molecule has 4 heteroatoms. The molecule has 0 fully saturated rings. The Bertz CT molecular complexity index is 765. The van der Waals surface area contributed by atoms with Gasteiger partial charge in [-0.05, 0) is 36.2 Å². The molecule has 3 nitrogen and oxygen atoms in total. The largest absolute Gasteiger partial charge is 0.497 e. The molecule has 0 aliphatic rings. The maximum Gasteiger partial charge on any atom is 0.118 e. The number of halogens is 1. The topological polar surface area (TPSA) is 27.1 Å². The van der Waals surface area contributed by atoms with Gasteiger partial charge in [0.1, 0.15) is 11.6 Å². The fourth-order valence-electron chi connectivity index (χ4n) is 2.96. The van der Waals surface area contributed by atoms with Gasteiger partial charge in [0.2, 0.25) is 0 Å². The fraction of sp³-hybridized carbons (Fsp3) is 0.350. The normalized spacial score (nSPS) is 10.6. The van der Waals surface area contributed by atoms with Gasteiger partial charge in [-0.3, -0.25) is 0 Å². The van der Waals surface area contributed by atoms with Crippen molar-refractivity contribution in [2.75, 3.05) is 7.11 Å². The zero-order valence-corrected chi connectivity index (χ0v) is 15.2. The molecule has 0 N–H and O–H groups in total. The smallest absolute Gasteiger partial charge is 0.118 e. The molecule has 3 rings (SSSR count). The van der Waals surface area contributed by atoms with Gasteiger partial charge in [-0.2, -0.15) is 0 Å². The third-order valence-electron chi connectivity index (χ3n) is 4.24. The maximum atomic E-state index is 5.24. The van der Waals surface area contributed by atoms with Crippen molar-refractivity contribution in [2.45, 2.75) is 39.2 Å². The number of hydrogen-bond donors (Lipinski definition) is 0. The van der Waals surface area contributed by atoms with E-state index in [-0.39, 0.29) is 12.4 Å². The van der Waals surface area contributed by atoms with Crippen LogP contribution in [-0.4, -0.2) is 16.7 Å². The summed E-state index contributed by atoms with van der Waals surface area (Å²) in [7, 11) is 1.70. The molecule has 0 bridgehead atoms. The SMILES string of the molecule is CCCCCn1c(Cc2ccc(OC)cc2)nc2ccccc21.Cl. The molecule has 128 valence electrons. The number of fused-ring (bicyclic) bond motifs is 1. The standard InChI is InChI=1S/C20H24N2O.ClH/c1-3-4-7-14-22-19-9-6-5-8-18(19)21-20(22)15-16-10-12-17(23-2)13-11-16;/h5-6,8-13H,3-4,7,14-15H2,1-2H3;1H. The number of rotatable bonds is 7. The molecule has 1 heterocycles. The van der Waals surface area contributed by atoms with Crippen LogP contribution in [0.3, 0.4) is 0 Å². The predicted molar refractivity (Wildman–Crippen MR) is 102 cm³/mol. The molecule has 1 aromatic heterocycles. The maximum absolute atomic E-state index is 5.24. The van der Waals surface area contributed by atoms with Crippen LogP contribution in [0.4, 0.5) is 0 Å². The molecule has 3 aromatic rings. The highest BCUT2D eigenvalue weighted by Crippen LogP contribution is 2.20. The summed E-state index contributed by atoms with van der Waals surface area (Å²) in [5, 5.41) is 0. The second-order valence-corrected chi connectivity index (χ2v) is 5.90. The van der Waals surface area contributed by atoms with E-state index < -0.39 is 0 Å². The first kappa shape index (κ1) is 18.3. The number of ether oxygens (including phenoxy) is 1. The Morgan fingerprint density at radius 1 is 1.00 bits per heavy atom. The van der Waals surface area contributed by atoms with Crippen molar-refractivity contribution in [3.63, 3.8) is 0 Å². The van der Waals surface area contributed by atoms with Crippen LogP contribution in [0.15, 0.2) is 48.5 Å². The minimum absolute atomic E-state index is 0. The lowest BCUT2D eigenvalue weighted by atomic mass is 10.1. The average molecular weight is 345 g/mol. The lowest BCUT2D eigenvalue weighted by Gasteiger charge is -2.09. The van der Waals surface area contributed by atoms with Gasteiger partial charge in [-0.25, -0.2) is 4.98 Å². The van der Waals surface area contributed by atoms with Gasteiger partial charge in [0.25, 0.3) is 0 Å². The van der Waals surface area contributed by atoms with Crippen molar-refractivity contribution in [1.29, 1.82) is 0 Å². The summed E-state index contributed by atoms with van der Waals surface area (Å²) in [5.74, 6) is 2.04. The highest BCUT2D eigenvalue weighted by Gasteiger charge is 2.10. The van der Waals surface area contributed by atoms with E-state index in [2.05, 4.69) is 47.9 Å². The number of hydrogen-bond acceptors (Lipinski definition) is 2. The number of nitrogens with zero attached hydrogens (tertiary/aromatic N) is 2. The molecule has 0 aliphatic carbocycles. The van der Waals surface area contributed by atoms with Crippen LogP contribution in [0.25, 0.3) is 11.0 Å². The summed E-state index contributed by atoms with van der Waals surface area (Å²) < 4.78 is 7.62. The summed E-state index contributed by atoms with van der Waals surface area (Å²) in [6.07, 6.45) is 4.55. The monoisotopic (exact) mass is 344 g/mol. The van der Waals surface area contributed by atoms with Gasteiger partial charge in [0, 0.05) is 13.0 Å². The zero-order chi connectivity index (χ0) is 16.1. The number of imidazole rings is 1. The first-order chi connectivity index (χ1) is 11.3. The van der Waals surface area contributed by atoms with E-state index in [0.29, 0.717) is 0 Å². The van der Waals surface area contributed by atoms with Crippen LogP contribution in [0.1, 0.15) is 37.6 Å². The molecule has 0 atom stereocenters. The van der Waals surface area contributed by atoms with E-state index in [9.17, 15) is 0 Å². The Kier molecular flexibility index (Phi) is 6.68. The van der Waals surface area contributed by atoms with Crippen LogP contribution in [0.2, 0.25) is 0 Å². The minimum Gasteiger partial charge on any atom is -0.497 e. The molecule has 0 unspecified atom stereocenters. The van der Waals surface area contributed by atoms with E-state index in [4.69, 9.17) is 9.72 Å². The molecular formula is C20H25ClN2O. The molecule has 24 heavy (non-hydrogen) atoms. The molecular weight excluding hydrogens is 320 g/mol. The Morgan fingerprint density at radius 2 is 1.75 bits per heavy atom. The van der Waals surface area contributed by atoms with Crippen LogP contribution in [0, 0.1) is 0 Å². The average Bonchev–Trinajstić information content (AvgIpc) is 2.93. The Balaban J connectivity index is 0.00000208. The van der Waals surface area contributed by atoms with Crippen LogP contribution < -0.4 is 4.74 Å². The number of benzene rings is 2. The van der Waals surface area contributed by atoms with Crippen molar-refractivity contribution < 1.29 is 4.74 Å². The van der Waals surface area contributed by atoms with Crippen molar-refractivity contribution in [2.24, 2.45) is 0 Å². The Hall–Kier alpha value is -2.00. The van der Waals surface area contributed by atoms with E-state index >= 15 is 0 Å². The van der Waals surface area contributed by atoms with Gasteiger partial charge >= 0.3 is 0 Å². The fourth-order valence-corrected chi connectivity index (χ4v) is 2.96. The number of aryl methyl sites for hydroxylation is 1. The zero-order valence-electron chi connectivity index (χ0n) is 14.4.